The number of Topliss-reactive ketones (excluding diaryl/α,β-unsaturated/α-hetero) is 1. The van der Waals surface area contributed by atoms with Crippen molar-refractivity contribution >= 4 is 28.2 Å². The summed E-state index contributed by atoms with van der Waals surface area (Å²) in [5.74, 6) is 0.346. The van der Waals surface area contributed by atoms with Crippen LogP contribution in [0.15, 0.2) is 85.2 Å². The average molecular weight is 494 g/mol. The number of hydrogen-bond acceptors (Lipinski definition) is 4. The van der Waals surface area contributed by atoms with Gasteiger partial charge in [0, 0.05) is 67.5 Å². The summed E-state index contributed by atoms with van der Waals surface area (Å²) in [6, 6.07) is 22.4. The standard InChI is InChI=1S/C31H28FN3O2/c32-26-7-9-27(10-8-26)34-13-15-35(16-14-34)31(37)23-5-3-22(4-6-23)28-19-29(28)30(36)18-21-1-2-25-20-33-12-11-24(25)17-21/h1-12,17,20,28-29H,13-16,18-19H2/t28-,29+/m0/s1. The zero-order valence-corrected chi connectivity index (χ0v) is 20.5. The van der Waals surface area contributed by atoms with Gasteiger partial charge in [-0.05, 0) is 71.3 Å². The summed E-state index contributed by atoms with van der Waals surface area (Å²) in [6.45, 7) is 2.69. The highest BCUT2D eigenvalue weighted by Gasteiger charge is 2.43. The molecule has 2 atom stereocenters. The van der Waals surface area contributed by atoms with Gasteiger partial charge in [-0.1, -0.05) is 30.3 Å². The first-order chi connectivity index (χ1) is 18.0. The number of rotatable bonds is 6. The molecular formula is C31H28FN3O2. The molecule has 6 rings (SSSR count). The monoisotopic (exact) mass is 493 g/mol. The molecule has 0 spiro atoms. The molecule has 2 heterocycles. The zero-order valence-electron chi connectivity index (χ0n) is 20.5. The number of pyridine rings is 1. The quantitative estimate of drug-likeness (QED) is 0.368. The Labute approximate surface area is 215 Å². The van der Waals surface area contributed by atoms with Crippen LogP contribution in [0.1, 0.15) is 33.8 Å². The summed E-state index contributed by atoms with van der Waals surface area (Å²) < 4.78 is 13.2. The van der Waals surface area contributed by atoms with E-state index in [9.17, 15) is 14.0 Å². The molecule has 1 saturated carbocycles. The fraction of sp³-hybridized carbons (Fsp3) is 0.258. The highest BCUT2D eigenvalue weighted by Crippen LogP contribution is 2.48. The van der Waals surface area contributed by atoms with E-state index < -0.39 is 0 Å². The van der Waals surface area contributed by atoms with Gasteiger partial charge in [-0.2, -0.15) is 0 Å². The van der Waals surface area contributed by atoms with E-state index in [1.165, 1.54) is 12.1 Å². The number of benzene rings is 3. The molecule has 1 aromatic heterocycles. The summed E-state index contributed by atoms with van der Waals surface area (Å²) in [6.07, 6.45) is 4.92. The molecule has 1 aliphatic carbocycles. The second-order valence-corrected chi connectivity index (χ2v) is 10.0. The van der Waals surface area contributed by atoms with Gasteiger partial charge in [0.05, 0.1) is 0 Å². The van der Waals surface area contributed by atoms with Crippen LogP contribution in [0.3, 0.4) is 0 Å². The summed E-state index contributed by atoms with van der Waals surface area (Å²) in [5, 5.41) is 2.18. The van der Waals surface area contributed by atoms with Gasteiger partial charge >= 0.3 is 0 Å². The number of carbonyl (C=O) groups excluding carboxylic acids is 2. The summed E-state index contributed by atoms with van der Waals surface area (Å²) in [4.78, 5) is 34.2. The Kier molecular flexibility index (Phi) is 6.16. The van der Waals surface area contributed by atoms with Crippen molar-refractivity contribution < 1.29 is 14.0 Å². The van der Waals surface area contributed by atoms with E-state index in [0.717, 1.165) is 47.1 Å². The van der Waals surface area contributed by atoms with Crippen molar-refractivity contribution in [3.8, 4) is 0 Å². The molecule has 1 amide bonds. The van der Waals surface area contributed by atoms with Gasteiger partial charge in [0.15, 0.2) is 0 Å². The van der Waals surface area contributed by atoms with Crippen molar-refractivity contribution in [1.82, 2.24) is 9.88 Å². The molecule has 6 heteroatoms. The van der Waals surface area contributed by atoms with E-state index in [4.69, 9.17) is 0 Å². The van der Waals surface area contributed by atoms with E-state index in [0.29, 0.717) is 25.1 Å². The van der Waals surface area contributed by atoms with Crippen molar-refractivity contribution in [3.05, 3.63) is 108 Å². The van der Waals surface area contributed by atoms with E-state index in [1.54, 1.807) is 18.3 Å². The number of piperazine rings is 1. The summed E-state index contributed by atoms with van der Waals surface area (Å²) in [7, 11) is 0. The minimum Gasteiger partial charge on any atom is -0.368 e. The molecular weight excluding hydrogens is 465 g/mol. The first-order valence-electron chi connectivity index (χ1n) is 12.8. The second-order valence-electron chi connectivity index (χ2n) is 10.0. The number of aromatic nitrogens is 1. The predicted molar refractivity (Wildman–Crippen MR) is 142 cm³/mol. The van der Waals surface area contributed by atoms with Gasteiger partial charge in [0.1, 0.15) is 11.6 Å². The van der Waals surface area contributed by atoms with Gasteiger partial charge < -0.3 is 9.80 Å². The lowest BCUT2D eigenvalue weighted by molar-refractivity contribution is -0.119. The van der Waals surface area contributed by atoms with Gasteiger partial charge in [0.2, 0.25) is 0 Å². The average Bonchev–Trinajstić information content (AvgIpc) is 3.75. The first-order valence-corrected chi connectivity index (χ1v) is 12.8. The molecule has 0 N–H and O–H groups in total. The Morgan fingerprint density at radius 1 is 0.865 bits per heavy atom. The third-order valence-electron chi connectivity index (χ3n) is 7.63. The molecule has 186 valence electrons. The van der Waals surface area contributed by atoms with Crippen LogP contribution < -0.4 is 4.90 Å². The predicted octanol–water partition coefficient (Wildman–Crippen LogP) is 5.25. The molecule has 1 saturated heterocycles. The molecule has 0 unspecified atom stereocenters. The largest absolute Gasteiger partial charge is 0.368 e. The van der Waals surface area contributed by atoms with E-state index in [1.807, 2.05) is 53.6 Å². The van der Waals surface area contributed by atoms with Crippen LogP contribution in [-0.2, 0) is 11.2 Å². The summed E-state index contributed by atoms with van der Waals surface area (Å²) in [5.41, 5.74) is 3.81. The number of hydrogen-bond donors (Lipinski definition) is 0. The van der Waals surface area contributed by atoms with Crippen LogP contribution >= 0.6 is 0 Å². The van der Waals surface area contributed by atoms with Crippen LogP contribution in [-0.4, -0.2) is 47.8 Å². The fourth-order valence-electron chi connectivity index (χ4n) is 5.37. The molecule has 2 aliphatic rings. The van der Waals surface area contributed by atoms with Crippen LogP contribution in [0.2, 0.25) is 0 Å². The van der Waals surface area contributed by atoms with Gasteiger partial charge in [-0.3, -0.25) is 14.6 Å². The topological polar surface area (TPSA) is 53.5 Å². The van der Waals surface area contributed by atoms with Crippen LogP contribution in [0.5, 0.6) is 0 Å². The Balaban J connectivity index is 1.03. The molecule has 1 aliphatic heterocycles. The van der Waals surface area contributed by atoms with Crippen molar-refractivity contribution in [2.75, 3.05) is 31.1 Å². The highest BCUT2D eigenvalue weighted by atomic mass is 19.1. The highest BCUT2D eigenvalue weighted by molar-refractivity contribution is 5.94. The number of amides is 1. The van der Waals surface area contributed by atoms with E-state index in [-0.39, 0.29) is 29.3 Å². The lowest BCUT2D eigenvalue weighted by Crippen LogP contribution is -2.48. The van der Waals surface area contributed by atoms with Crippen molar-refractivity contribution in [1.29, 1.82) is 0 Å². The lowest BCUT2D eigenvalue weighted by atomic mass is 10.00. The Bertz CT molecular complexity index is 1440. The third kappa shape index (κ3) is 4.96. The van der Waals surface area contributed by atoms with Crippen LogP contribution in [0.25, 0.3) is 10.8 Å². The van der Waals surface area contributed by atoms with Crippen LogP contribution in [0, 0.1) is 11.7 Å². The normalized spacial score (nSPS) is 19.2. The second kappa shape index (κ2) is 9.77. The van der Waals surface area contributed by atoms with E-state index in [2.05, 4.69) is 16.0 Å². The van der Waals surface area contributed by atoms with Crippen molar-refractivity contribution in [2.24, 2.45) is 5.92 Å². The Hall–Kier alpha value is -4.06. The summed E-state index contributed by atoms with van der Waals surface area (Å²) >= 11 is 0. The van der Waals surface area contributed by atoms with E-state index >= 15 is 0 Å². The number of halogens is 1. The first kappa shape index (κ1) is 23.3. The molecule has 0 radical (unpaired) electrons. The van der Waals surface area contributed by atoms with Gasteiger partial charge in [-0.15, -0.1) is 0 Å². The minimum atomic E-state index is -0.245. The molecule has 0 bridgehead atoms. The molecule has 2 fully saturated rings. The fourth-order valence-corrected chi connectivity index (χ4v) is 5.37. The molecule has 3 aromatic carbocycles. The molecule has 4 aromatic rings. The molecule has 37 heavy (non-hydrogen) atoms. The van der Waals surface area contributed by atoms with Gasteiger partial charge in [-0.25, -0.2) is 4.39 Å². The van der Waals surface area contributed by atoms with Crippen molar-refractivity contribution in [3.63, 3.8) is 0 Å². The maximum atomic E-state index is 13.2. The third-order valence-corrected chi connectivity index (χ3v) is 7.63. The minimum absolute atomic E-state index is 0.0280. The maximum Gasteiger partial charge on any atom is 0.253 e. The number of fused-ring (bicyclic) bond motifs is 1. The lowest BCUT2D eigenvalue weighted by Gasteiger charge is -2.36. The number of carbonyl (C=O) groups is 2. The number of ketones is 1. The Morgan fingerprint density at radius 2 is 1.62 bits per heavy atom. The van der Waals surface area contributed by atoms with Crippen LogP contribution in [0.4, 0.5) is 10.1 Å². The molecule has 5 nitrogen and oxygen atoms in total. The van der Waals surface area contributed by atoms with Gasteiger partial charge in [0.25, 0.3) is 5.91 Å². The maximum absolute atomic E-state index is 13.2. The Morgan fingerprint density at radius 3 is 2.38 bits per heavy atom. The SMILES string of the molecule is O=C(Cc1ccc2cnccc2c1)[C@@H]1C[C@H]1c1ccc(C(=O)N2CCN(c3ccc(F)cc3)CC2)cc1. The van der Waals surface area contributed by atoms with Crippen molar-refractivity contribution in [2.45, 2.75) is 18.8 Å². The number of nitrogens with zero attached hydrogens (tertiary/aromatic N) is 3. The number of anilines is 1. The zero-order chi connectivity index (χ0) is 25.4. The smallest absolute Gasteiger partial charge is 0.253 e.